The first-order valence-electron chi connectivity index (χ1n) is 5.90. The van der Waals surface area contributed by atoms with Crippen LogP contribution in [-0.4, -0.2) is 27.8 Å². The van der Waals surface area contributed by atoms with Gasteiger partial charge in [0, 0.05) is 6.42 Å². The first kappa shape index (κ1) is 13.9. The summed E-state index contributed by atoms with van der Waals surface area (Å²) in [6.07, 6.45) is 5.50. The average Bonchev–Trinajstić information content (AvgIpc) is 2.67. The SMILES string of the molecule is CCCCCCc1n[nH]c(=S)n1CC(=O)OC. The van der Waals surface area contributed by atoms with Crippen LogP contribution in [0.1, 0.15) is 38.4 Å². The molecule has 0 radical (unpaired) electrons. The zero-order valence-electron chi connectivity index (χ0n) is 10.4. The van der Waals surface area contributed by atoms with Gasteiger partial charge in [-0.15, -0.1) is 0 Å². The van der Waals surface area contributed by atoms with Crippen LogP contribution in [-0.2, 0) is 22.5 Å². The number of methoxy groups -OCH3 is 1. The van der Waals surface area contributed by atoms with E-state index in [0.29, 0.717) is 4.77 Å². The lowest BCUT2D eigenvalue weighted by molar-refractivity contribution is -0.141. The summed E-state index contributed by atoms with van der Waals surface area (Å²) in [6, 6.07) is 0. The Morgan fingerprint density at radius 2 is 2.24 bits per heavy atom. The Bertz CT molecular complexity index is 411. The predicted molar refractivity (Wildman–Crippen MR) is 67.3 cm³/mol. The summed E-state index contributed by atoms with van der Waals surface area (Å²) in [5.74, 6) is 0.522. The molecule has 0 atom stereocenters. The van der Waals surface area contributed by atoms with Crippen molar-refractivity contribution in [2.75, 3.05) is 7.11 Å². The number of carbonyl (C=O) groups excluding carboxylic acids is 1. The van der Waals surface area contributed by atoms with Crippen LogP contribution in [0.5, 0.6) is 0 Å². The molecule has 0 fully saturated rings. The molecule has 0 saturated carbocycles. The number of carbonyl (C=O) groups is 1. The van der Waals surface area contributed by atoms with Crippen LogP contribution in [0, 0.1) is 4.77 Å². The molecule has 0 aliphatic carbocycles. The Labute approximate surface area is 106 Å². The number of esters is 1. The number of aromatic nitrogens is 3. The van der Waals surface area contributed by atoms with Gasteiger partial charge >= 0.3 is 5.97 Å². The zero-order valence-corrected chi connectivity index (χ0v) is 11.2. The van der Waals surface area contributed by atoms with Gasteiger partial charge in [-0.05, 0) is 18.6 Å². The highest BCUT2D eigenvalue weighted by molar-refractivity contribution is 7.71. The molecule has 1 aromatic rings. The summed E-state index contributed by atoms with van der Waals surface area (Å²) in [4.78, 5) is 11.2. The van der Waals surface area contributed by atoms with Crippen LogP contribution in [0.25, 0.3) is 0 Å². The number of unbranched alkanes of at least 4 members (excludes halogenated alkanes) is 3. The smallest absolute Gasteiger partial charge is 0.325 e. The normalized spacial score (nSPS) is 10.5. The summed E-state index contributed by atoms with van der Waals surface area (Å²) >= 11 is 5.08. The van der Waals surface area contributed by atoms with Crippen molar-refractivity contribution in [3.63, 3.8) is 0 Å². The maximum absolute atomic E-state index is 11.2. The van der Waals surface area contributed by atoms with E-state index in [0.717, 1.165) is 18.7 Å². The minimum Gasteiger partial charge on any atom is -0.468 e. The Hall–Kier alpha value is -1.17. The maximum atomic E-state index is 11.2. The standard InChI is InChI=1S/C11H19N3O2S/c1-3-4-5-6-7-9-12-13-11(17)14(9)8-10(15)16-2/h3-8H2,1-2H3,(H,13,17). The first-order chi connectivity index (χ1) is 8.19. The topological polar surface area (TPSA) is 59.9 Å². The van der Waals surface area contributed by atoms with Crippen molar-refractivity contribution in [3.8, 4) is 0 Å². The fraction of sp³-hybridized carbons (Fsp3) is 0.727. The molecule has 0 amide bonds. The van der Waals surface area contributed by atoms with E-state index in [-0.39, 0.29) is 12.5 Å². The second-order valence-corrected chi connectivity index (χ2v) is 4.30. The van der Waals surface area contributed by atoms with Gasteiger partial charge in [0.2, 0.25) is 0 Å². The highest BCUT2D eigenvalue weighted by Gasteiger charge is 2.09. The number of aromatic amines is 1. The minimum atomic E-state index is -0.308. The molecule has 1 heterocycles. The van der Waals surface area contributed by atoms with E-state index in [1.165, 1.54) is 26.4 Å². The Morgan fingerprint density at radius 1 is 1.47 bits per heavy atom. The Kier molecular flexibility index (Phi) is 5.90. The average molecular weight is 257 g/mol. The quantitative estimate of drug-likeness (QED) is 0.462. The molecule has 1 rings (SSSR count). The third kappa shape index (κ3) is 4.30. The van der Waals surface area contributed by atoms with E-state index < -0.39 is 0 Å². The molecule has 0 unspecified atom stereocenters. The Morgan fingerprint density at radius 3 is 2.88 bits per heavy atom. The van der Waals surface area contributed by atoms with Gasteiger partial charge in [-0.25, -0.2) is 0 Å². The van der Waals surface area contributed by atoms with E-state index in [1.54, 1.807) is 4.57 Å². The van der Waals surface area contributed by atoms with Crippen LogP contribution in [0.4, 0.5) is 0 Å². The predicted octanol–water partition coefficient (Wildman–Crippen LogP) is 2.24. The van der Waals surface area contributed by atoms with Gasteiger partial charge in [0.25, 0.3) is 0 Å². The van der Waals surface area contributed by atoms with Crippen molar-refractivity contribution < 1.29 is 9.53 Å². The van der Waals surface area contributed by atoms with Crippen LogP contribution in [0.3, 0.4) is 0 Å². The van der Waals surface area contributed by atoms with Gasteiger partial charge in [-0.2, -0.15) is 5.10 Å². The summed E-state index contributed by atoms with van der Waals surface area (Å²) in [7, 11) is 1.37. The van der Waals surface area contributed by atoms with Gasteiger partial charge < -0.3 is 4.74 Å². The summed E-state index contributed by atoms with van der Waals surface area (Å²) < 4.78 is 6.80. The zero-order chi connectivity index (χ0) is 12.7. The molecular formula is C11H19N3O2S. The lowest BCUT2D eigenvalue weighted by Crippen LogP contribution is -2.14. The second-order valence-electron chi connectivity index (χ2n) is 3.92. The van der Waals surface area contributed by atoms with Crippen molar-refractivity contribution in [2.24, 2.45) is 0 Å². The van der Waals surface area contributed by atoms with Crippen LogP contribution in [0.2, 0.25) is 0 Å². The summed E-state index contributed by atoms with van der Waals surface area (Å²) in [6.45, 7) is 2.31. The molecule has 0 aliphatic rings. The van der Waals surface area contributed by atoms with Gasteiger partial charge in [-0.3, -0.25) is 14.5 Å². The van der Waals surface area contributed by atoms with Crippen LogP contribution < -0.4 is 0 Å². The number of nitrogens with zero attached hydrogens (tertiary/aromatic N) is 2. The van der Waals surface area contributed by atoms with E-state index >= 15 is 0 Å². The monoisotopic (exact) mass is 257 g/mol. The fourth-order valence-electron chi connectivity index (χ4n) is 1.61. The number of H-pyrrole nitrogens is 1. The third-order valence-electron chi connectivity index (χ3n) is 2.61. The fourth-order valence-corrected chi connectivity index (χ4v) is 1.82. The second kappa shape index (κ2) is 7.21. The van der Waals surface area contributed by atoms with Gasteiger partial charge in [0.05, 0.1) is 7.11 Å². The lowest BCUT2D eigenvalue weighted by Gasteiger charge is -2.05. The number of hydrogen-bond donors (Lipinski definition) is 1. The highest BCUT2D eigenvalue weighted by atomic mass is 32.1. The molecule has 0 bridgehead atoms. The molecule has 5 nitrogen and oxygen atoms in total. The lowest BCUT2D eigenvalue weighted by atomic mass is 10.1. The summed E-state index contributed by atoms with van der Waals surface area (Å²) in [5.41, 5.74) is 0. The largest absolute Gasteiger partial charge is 0.468 e. The molecule has 0 aromatic carbocycles. The van der Waals surface area contributed by atoms with Gasteiger partial charge in [0.15, 0.2) is 4.77 Å². The molecular weight excluding hydrogens is 238 g/mol. The van der Waals surface area contributed by atoms with Crippen LogP contribution >= 0.6 is 12.2 Å². The van der Waals surface area contributed by atoms with E-state index in [4.69, 9.17) is 12.2 Å². The number of nitrogens with one attached hydrogen (secondary N) is 1. The van der Waals surface area contributed by atoms with Crippen LogP contribution in [0.15, 0.2) is 0 Å². The maximum Gasteiger partial charge on any atom is 0.325 e. The molecule has 96 valence electrons. The number of aryl methyl sites for hydroxylation is 1. The highest BCUT2D eigenvalue weighted by Crippen LogP contribution is 2.06. The van der Waals surface area contributed by atoms with Crippen molar-refractivity contribution in [3.05, 3.63) is 10.6 Å². The van der Waals surface area contributed by atoms with Crippen molar-refractivity contribution >= 4 is 18.2 Å². The van der Waals surface area contributed by atoms with Crippen molar-refractivity contribution in [1.29, 1.82) is 0 Å². The van der Waals surface area contributed by atoms with Gasteiger partial charge in [0.1, 0.15) is 12.4 Å². The molecule has 6 heteroatoms. The van der Waals surface area contributed by atoms with E-state index in [9.17, 15) is 4.79 Å². The first-order valence-corrected chi connectivity index (χ1v) is 6.30. The molecule has 0 aliphatic heterocycles. The molecule has 0 spiro atoms. The molecule has 1 aromatic heterocycles. The molecule has 17 heavy (non-hydrogen) atoms. The van der Waals surface area contributed by atoms with E-state index in [2.05, 4.69) is 21.9 Å². The third-order valence-corrected chi connectivity index (χ3v) is 2.92. The van der Waals surface area contributed by atoms with Crippen molar-refractivity contribution in [2.45, 2.75) is 45.6 Å². The van der Waals surface area contributed by atoms with E-state index in [1.807, 2.05) is 0 Å². The summed E-state index contributed by atoms with van der Waals surface area (Å²) in [5, 5.41) is 6.85. The molecule has 1 N–H and O–H groups in total. The Balaban J connectivity index is 2.59. The number of rotatable bonds is 7. The minimum absolute atomic E-state index is 0.134. The molecule has 0 saturated heterocycles. The van der Waals surface area contributed by atoms with Crippen molar-refractivity contribution in [1.82, 2.24) is 14.8 Å². The number of hydrogen-bond acceptors (Lipinski definition) is 4. The number of ether oxygens (including phenoxy) is 1. The van der Waals surface area contributed by atoms with Gasteiger partial charge in [-0.1, -0.05) is 26.2 Å².